The Hall–Kier alpha value is -5.07. The first-order valence-corrected chi connectivity index (χ1v) is 9.10. The number of rotatable bonds is 3. The monoisotopic (exact) mass is 452 g/mol. The smallest absolute Gasteiger partial charge is 0.308 e. The van der Waals surface area contributed by atoms with Crippen LogP contribution >= 0.6 is 0 Å². The van der Waals surface area contributed by atoms with E-state index in [1.165, 1.54) is 43.3 Å². The summed E-state index contributed by atoms with van der Waals surface area (Å²) < 4.78 is 4.84. The Morgan fingerprint density at radius 2 is 1.33 bits per heavy atom. The number of amides is 2. The third-order valence-corrected chi connectivity index (χ3v) is 4.09. The van der Waals surface area contributed by atoms with Crippen molar-refractivity contribution < 1.29 is 24.2 Å². The van der Waals surface area contributed by atoms with Crippen molar-refractivity contribution in [1.29, 1.82) is 0 Å². The zero-order valence-electron chi connectivity index (χ0n) is 16.9. The maximum atomic E-state index is 11.7. The number of hydrogen-bond donors (Lipinski definition) is 5. The first kappa shape index (κ1) is 22.6. The van der Waals surface area contributed by atoms with Gasteiger partial charge in [-0.15, -0.1) is 0 Å². The second-order valence-electron chi connectivity index (χ2n) is 6.53. The first-order chi connectivity index (χ1) is 15.5. The van der Waals surface area contributed by atoms with E-state index in [-0.39, 0.29) is 33.9 Å². The number of nitrogens with one attached hydrogen (secondary N) is 2. The lowest BCUT2D eigenvalue weighted by molar-refractivity contribution is -0.131. The number of aromatic nitrogens is 4. The highest BCUT2D eigenvalue weighted by atomic mass is 16.5. The molecule has 2 aromatic heterocycles. The van der Waals surface area contributed by atoms with E-state index >= 15 is 0 Å². The maximum absolute atomic E-state index is 11.7. The summed E-state index contributed by atoms with van der Waals surface area (Å²) in [5, 5.41) is 9.58. The van der Waals surface area contributed by atoms with Crippen molar-refractivity contribution in [3.8, 4) is 11.5 Å². The minimum absolute atomic E-state index is 0.0402. The molecule has 4 aromatic rings. The average molecular weight is 452 g/mol. The Balaban J connectivity index is 0.000000189. The van der Waals surface area contributed by atoms with E-state index in [1.54, 1.807) is 0 Å². The third kappa shape index (κ3) is 5.16. The average Bonchev–Trinajstić information content (AvgIpc) is 2.74. The molecule has 0 saturated carbocycles. The molecule has 0 spiro atoms. The van der Waals surface area contributed by atoms with Gasteiger partial charge in [-0.05, 0) is 36.4 Å². The molecule has 2 amide bonds. The third-order valence-electron chi connectivity index (χ3n) is 4.09. The van der Waals surface area contributed by atoms with Crippen LogP contribution in [0.25, 0.3) is 21.8 Å². The number of aromatic amines is 2. The molecular weight excluding hydrogens is 436 g/mol. The normalized spacial score (nSPS) is 10.3. The molecule has 13 nitrogen and oxygen atoms in total. The standard InChI is InChI=1S/C11H9N3O4.C9H7N3O3/c1-5(15)18-6-2-3-8-7(4-6)11(17)14-10(13-8)9(12)16;10-7(14)8-11-6-2-1-4(13)3-5(6)9(15)12-8/h2-4H,1H3,(H2,12,16)(H,13,14,17);1-3,13H,(H2,10,14)(H,11,12,15). The van der Waals surface area contributed by atoms with E-state index < -0.39 is 28.9 Å². The van der Waals surface area contributed by atoms with Gasteiger partial charge in [-0.25, -0.2) is 9.97 Å². The van der Waals surface area contributed by atoms with Crippen LogP contribution in [0.5, 0.6) is 11.5 Å². The fourth-order valence-corrected chi connectivity index (χ4v) is 2.71. The van der Waals surface area contributed by atoms with Crippen LogP contribution in [0.4, 0.5) is 0 Å². The van der Waals surface area contributed by atoms with Crippen molar-refractivity contribution in [3.63, 3.8) is 0 Å². The number of primary amides is 2. The van der Waals surface area contributed by atoms with Crippen LogP contribution < -0.4 is 27.3 Å². The SMILES string of the molecule is CC(=O)Oc1ccc2nc(C(N)=O)[nH]c(=O)c2c1.NC(=O)c1nc2ccc(O)cc2c(=O)[nH]1. The number of ether oxygens (including phenoxy) is 1. The molecule has 168 valence electrons. The Bertz CT molecular complexity index is 1540. The minimum Gasteiger partial charge on any atom is -0.508 e. The predicted molar refractivity (Wildman–Crippen MR) is 115 cm³/mol. The number of fused-ring (bicyclic) bond motifs is 2. The van der Waals surface area contributed by atoms with Crippen LogP contribution in [0.3, 0.4) is 0 Å². The van der Waals surface area contributed by atoms with Crippen LogP contribution in [0.2, 0.25) is 0 Å². The van der Waals surface area contributed by atoms with Crippen molar-refractivity contribution in [2.24, 2.45) is 11.5 Å². The summed E-state index contributed by atoms with van der Waals surface area (Å²) in [6, 6.07) is 8.39. The number of nitrogens with two attached hydrogens (primary N) is 2. The predicted octanol–water partition coefficient (Wildman–Crippen LogP) is -0.325. The molecule has 13 heteroatoms. The highest BCUT2D eigenvalue weighted by molar-refractivity contribution is 5.92. The highest BCUT2D eigenvalue weighted by Crippen LogP contribution is 2.17. The van der Waals surface area contributed by atoms with E-state index in [1.807, 2.05) is 0 Å². The van der Waals surface area contributed by atoms with Gasteiger partial charge in [0.05, 0.1) is 21.8 Å². The first-order valence-electron chi connectivity index (χ1n) is 9.10. The minimum atomic E-state index is -0.821. The van der Waals surface area contributed by atoms with Crippen molar-refractivity contribution >= 4 is 39.6 Å². The number of hydrogen-bond acceptors (Lipinski definition) is 9. The zero-order valence-corrected chi connectivity index (χ0v) is 16.9. The summed E-state index contributed by atoms with van der Waals surface area (Å²) in [7, 11) is 0. The van der Waals surface area contributed by atoms with Crippen LogP contribution in [0, 0.1) is 0 Å². The number of aromatic hydroxyl groups is 1. The highest BCUT2D eigenvalue weighted by Gasteiger charge is 2.10. The van der Waals surface area contributed by atoms with Gasteiger partial charge in [0, 0.05) is 6.92 Å². The van der Waals surface area contributed by atoms with Crippen LogP contribution in [-0.2, 0) is 4.79 Å². The zero-order chi connectivity index (χ0) is 24.3. The fraction of sp³-hybridized carbons (Fsp3) is 0.0500. The summed E-state index contributed by atoms with van der Waals surface area (Å²) >= 11 is 0. The van der Waals surface area contributed by atoms with E-state index in [2.05, 4.69) is 19.9 Å². The molecule has 0 aliphatic heterocycles. The molecule has 0 aliphatic carbocycles. The van der Waals surface area contributed by atoms with E-state index in [0.29, 0.717) is 11.0 Å². The van der Waals surface area contributed by atoms with Gasteiger partial charge >= 0.3 is 5.97 Å². The van der Waals surface area contributed by atoms with Gasteiger partial charge in [-0.3, -0.25) is 24.0 Å². The summed E-state index contributed by atoms with van der Waals surface area (Å²) in [6.07, 6.45) is 0. The molecule has 0 aliphatic rings. The number of H-pyrrole nitrogens is 2. The van der Waals surface area contributed by atoms with E-state index in [4.69, 9.17) is 21.3 Å². The number of esters is 1. The Kier molecular flexibility index (Phi) is 6.15. The van der Waals surface area contributed by atoms with Crippen LogP contribution in [0.1, 0.15) is 28.2 Å². The number of phenolic OH excluding ortho intramolecular Hbond substituents is 1. The van der Waals surface area contributed by atoms with E-state index in [0.717, 1.165) is 0 Å². The number of nitrogens with zero attached hydrogens (tertiary/aromatic N) is 2. The fourth-order valence-electron chi connectivity index (χ4n) is 2.71. The maximum Gasteiger partial charge on any atom is 0.308 e. The largest absolute Gasteiger partial charge is 0.508 e. The van der Waals surface area contributed by atoms with Crippen LogP contribution in [0.15, 0.2) is 46.0 Å². The molecule has 0 saturated heterocycles. The molecule has 0 atom stereocenters. The molecule has 2 aromatic carbocycles. The lowest BCUT2D eigenvalue weighted by Crippen LogP contribution is -2.21. The van der Waals surface area contributed by atoms with Crippen LogP contribution in [-0.4, -0.2) is 42.8 Å². The summed E-state index contributed by atoms with van der Waals surface area (Å²) in [4.78, 5) is 67.9. The number of carbonyl (C=O) groups excluding carboxylic acids is 3. The molecule has 33 heavy (non-hydrogen) atoms. The lowest BCUT2D eigenvalue weighted by atomic mass is 10.2. The summed E-state index contributed by atoms with van der Waals surface area (Å²) in [6.45, 7) is 1.25. The summed E-state index contributed by atoms with van der Waals surface area (Å²) in [5.41, 5.74) is 9.58. The molecule has 0 fully saturated rings. The van der Waals surface area contributed by atoms with Crippen molar-refractivity contribution in [2.45, 2.75) is 6.92 Å². The second-order valence-corrected chi connectivity index (χ2v) is 6.53. The van der Waals surface area contributed by atoms with Gasteiger partial charge < -0.3 is 31.3 Å². The van der Waals surface area contributed by atoms with Gasteiger partial charge in [0.2, 0.25) is 0 Å². The van der Waals surface area contributed by atoms with Crippen molar-refractivity contribution in [3.05, 3.63) is 68.8 Å². The second kappa shape index (κ2) is 8.97. The molecule has 0 radical (unpaired) electrons. The Morgan fingerprint density at radius 3 is 1.82 bits per heavy atom. The Labute approximate surface area is 183 Å². The van der Waals surface area contributed by atoms with Gasteiger partial charge in [0.25, 0.3) is 22.9 Å². The molecular formula is C20H16N6O7. The van der Waals surface area contributed by atoms with Crippen molar-refractivity contribution in [1.82, 2.24) is 19.9 Å². The van der Waals surface area contributed by atoms with E-state index in [9.17, 15) is 24.0 Å². The van der Waals surface area contributed by atoms with Gasteiger partial charge in [0.15, 0.2) is 11.6 Å². The molecule has 2 heterocycles. The van der Waals surface area contributed by atoms with Gasteiger partial charge in [-0.2, -0.15) is 0 Å². The molecule has 7 N–H and O–H groups in total. The summed E-state index contributed by atoms with van der Waals surface area (Å²) in [5.74, 6) is -2.34. The number of phenols is 1. The topological polar surface area (TPSA) is 224 Å². The number of benzene rings is 2. The lowest BCUT2D eigenvalue weighted by Gasteiger charge is -2.03. The molecule has 0 unspecified atom stereocenters. The van der Waals surface area contributed by atoms with Gasteiger partial charge in [-0.1, -0.05) is 0 Å². The Morgan fingerprint density at radius 1 is 0.848 bits per heavy atom. The quantitative estimate of drug-likeness (QED) is 0.202. The molecule has 0 bridgehead atoms. The molecule has 4 rings (SSSR count). The number of carbonyl (C=O) groups is 3. The van der Waals surface area contributed by atoms with Crippen molar-refractivity contribution in [2.75, 3.05) is 0 Å². The van der Waals surface area contributed by atoms with Gasteiger partial charge in [0.1, 0.15) is 11.5 Å².